The zero-order valence-corrected chi connectivity index (χ0v) is 24.6. The fourth-order valence-corrected chi connectivity index (χ4v) is 7.30. The minimum atomic E-state index is -3.54. The number of aromatic nitrogens is 2. The molecule has 1 amide bonds. The average Bonchev–Trinajstić information content (AvgIpc) is 2.89. The molecule has 2 aromatic rings. The van der Waals surface area contributed by atoms with Gasteiger partial charge < -0.3 is 25.4 Å². The first-order valence-electron chi connectivity index (χ1n) is 13.2. The topological polar surface area (TPSA) is 134 Å². The van der Waals surface area contributed by atoms with E-state index in [4.69, 9.17) is 16.3 Å². The predicted molar refractivity (Wildman–Crippen MR) is 151 cm³/mol. The van der Waals surface area contributed by atoms with Gasteiger partial charge in [0.05, 0.1) is 34.2 Å². The highest BCUT2D eigenvalue weighted by Crippen LogP contribution is 2.47. The summed E-state index contributed by atoms with van der Waals surface area (Å²) in [4.78, 5) is 23.2. The molecule has 10 nitrogen and oxygen atoms in total. The number of likely N-dealkylation sites (tertiary alicyclic amines) is 1. The minimum absolute atomic E-state index is 0.0989. The van der Waals surface area contributed by atoms with E-state index < -0.39 is 21.7 Å². The number of benzene rings is 1. The highest BCUT2D eigenvalue weighted by molar-refractivity contribution is 7.92. The molecule has 12 heteroatoms. The highest BCUT2D eigenvalue weighted by Gasteiger charge is 2.49. The van der Waals surface area contributed by atoms with Crippen LogP contribution in [0.25, 0.3) is 0 Å². The summed E-state index contributed by atoms with van der Waals surface area (Å²) in [5.74, 6) is 0.922. The van der Waals surface area contributed by atoms with Crippen LogP contribution < -0.4 is 10.6 Å². The van der Waals surface area contributed by atoms with Gasteiger partial charge in [-0.05, 0) is 56.1 Å². The molecular weight excluding hydrogens is 542 g/mol. The molecule has 2 heterocycles. The van der Waals surface area contributed by atoms with Crippen molar-refractivity contribution in [2.75, 3.05) is 37.4 Å². The quantitative estimate of drug-likeness (QED) is 0.427. The third-order valence-electron chi connectivity index (χ3n) is 8.03. The number of amides is 1. The van der Waals surface area contributed by atoms with Crippen LogP contribution in [0.15, 0.2) is 35.4 Å². The summed E-state index contributed by atoms with van der Waals surface area (Å²) in [6.45, 7) is 8.30. The number of para-hydroxylation sites is 1. The van der Waals surface area contributed by atoms with Crippen LogP contribution in [0.3, 0.4) is 0 Å². The highest BCUT2D eigenvalue weighted by atomic mass is 35.5. The fraction of sp³-hybridized carbons (Fsp3) is 0.593. The molecule has 0 spiro atoms. The van der Waals surface area contributed by atoms with Gasteiger partial charge in [-0.25, -0.2) is 13.4 Å². The number of rotatable bonds is 8. The van der Waals surface area contributed by atoms with Gasteiger partial charge in [0, 0.05) is 20.2 Å². The van der Waals surface area contributed by atoms with Gasteiger partial charge in [0.25, 0.3) is 0 Å². The molecule has 3 N–H and O–H groups in total. The average molecular weight is 580 g/mol. The number of piperidine rings is 1. The summed E-state index contributed by atoms with van der Waals surface area (Å²) in [6.07, 6.45) is 2.91. The molecule has 39 heavy (non-hydrogen) atoms. The molecule has 3 unspecified atom stereocenters. The van der Waals surface area contributed by atoms with Gasteiger partial charge in [-0.3, -0.25) is 4.79 Å². The van der Waals surface area contributed by atoms with Gasteiger partial charge in [0.1, 0.15) is 11.6 Å². The predicted octanol–water partition coefficient (Wildman–Crippen LogP) is 3.74. The van der Waals surface area contributed by atoms with Crippen molar-refractivity contribution < 1.29 is 23.1 Å². The summed E-state index contributed by atoms with van der Waals surface area (Å²) in [5.41, 5.74) is 0.263. The van der Waals surface area contributed by atoms with Crippen molar-refractivity contribution in [3.8, 4) is 0 Å². The number of nitrogens with one attached hydrogen (secondary N) is 2. The summed E-state index contributed by atoms with van der Waals surface area (Å²) < 4.78 is 31.7. The number of anilines is 3. The SMILES string of the molecule is CO[C@@H]1CC2C(CC1Nc1ncc(Cl)c(Nc3ccccc3S(=O)(=O)C(C)C)n1)CN(C(=O)CO)CC2(C)C. The van der Waals surface area contributed by atoms with Crippen molar-refractivity contribution in [3.05, 3.63) is 35.5 Å². The van der Waals surface area contributed by atoms with E-state index in [1.807, 2.05) is 0 Å². The van der Waals surface area contributed by atoms with Crippen molar-refractivity contribution in [1.29, 1.82) is 0 Å². The second-order valence-electron chi connectivity index (χ2n) is 11.4. The lowest BCUT2D eigenvalue weighted by Crippen LogP contribution is -2.58. The molecule has 2 aliphatic rings. The fourth-order valence-electron chi connectivity index (χ4n) is 5.96. The van der Waals surface area contributed by atoms with E-state index in [1.54, 1.807) is 50.1 Å². The van der Waals surface area contributed by atoms with E-state index >= 15 is 0 Å². The molecule has 1 aliphatic heterocycles. The van der Waals surface area contributed by atoms with Gasteiger partial charge in [-0.1, -0.05) is 37.6 Å². The van der Waals surface area contributed by atoms with E-state index in [0.29, 0.717) is 30.6 Å². The Morgan fingerprint density at radius 3 is 2.67 bits per heavy atom. The Hall–Kier alpha value is -2.47. The number of nitrogens with zero attached hydrogens (tertiary/aromatic N) is 3. The maximum absolute atomic E-state index is 12.9. The van der Waals surface area contributed by atoms with E-state index in [0.717, 1.165) is 12.8 Å². The van der Waals surface area contributed by atoms with Crippen molar-refractivity contribution in [1.82, 2.24) is 14.9 Å². The summed E-state index contributed by atoms with van der Waals surface area (Å²) in [7, 11) is -1.85. The van der Waals surface area contributed by atoms with Crippen molar-refractivity contribution in [3.63, 3.8) is 0 Å². The molecule has 1 saturated heterocycles. The number of carbonyl (C=O) groups excluding carboxylic acids is 1. The van der Waals surface area contributed by atoms with Crippen LogP contribution in [-0.4, -0.2) is 78.5 Å². The molecule has 1 saturated carbocycles. The Morgan fingerprint density at radius 1 is 1.28 bits per heavy atom. The first-order valence-corrected chi connectivity index (χ1v) is 15.1. The van der Waals surface area contributed by atoms with Crippen molar-refractivity contribution >= 4 is 44.8 Å². The molecule has 4 rings (SSSR count). The molecule has 0 radical (unpaired) electrons. The van der Waals surface area contributed by atoms with Crippen molar-refractivity contribution in [2.45, 2.75) is 62.8 Å². The van der Waals surface area contributed by atoms with E-state index in [1.165, 1.54) is 6.20 Å². The van der Waals surface area contributed by atoms with Crippen LogP contribution >= 0.6 is 11.6 Å². The molecule has 1 aliphatic carbocycles. The summed E-state index contributed by atoms with van der Waals surface area (Å²) in [6, 6.07) is 6.53. The number of fused-ring (bicyclic) bond motifs is 1. The van der Waals surface area contributed by atoms with Gasteiger partial charge in [-0.2, -0.15) is 4.98 Å². The molecule has 0 bridgehead atoms. The normalized spacial score (nSPS) is 24.8. The number of carbonyl (C=O) groups is 1. The van der Waals surface area contributed by atoms with Gasteiger partial charge in [0.2, 0.25) is 11.9 Å². The first-order chi connectivity index (χ1) is 18.4. The maximum Gasteiger partial charge on any atom is 0.248 e. The third kappa shape index (κ3) is 6.16. The summed E-state index contributed by atoms with van der Waals surface area (Å²) in [5, 5.41) is 15.6. The standard InChI is InChI=1S/C27H38ClN5O5S/c1-16(2)39(36,37)23-9-7-6-8-20(23)30-25-19(28)12-29-26(32-25)31-21-10-17-13-33(24(35)14-34)15-27(3,4)18(17)11-22(21)38-5/h6-9,12,16-18,21-22,34H,10-11,13-15H2,1-5H3,(H2,29,30,31,32)/t17?,18?,21?,22-/m1/s1. The molecule has 2 fully saturated rings. The monoisotopic (exact) mass is 579 g/mol. The van der Waals surface area contributed by atoms with Crippen LogP contribution in [-0.2, 0) is 19.4 Å². The van der Waals surface area contributed by atoms with Crippen LogP contribution in [0.1, 0.15) is 40.5 Å². The van der Waals surface area contributed by atoms with Gasteiger partial charge in [-0.15, -0.1) is 0 Å². The van der Waals surface area contributed by atoms with E-state index in [2.05, 4.69) is 34.4 Å². The Labute approximate surface area is 235 Å². The number of aliphatic hydroxyl groups is 1. The van der Waals surface area contributed by atoms with Crippen LogP contribution in [0.4, 0.5) is 17.5 Å². The molecular formula is C27H38ClN5O5S. The Bertz CT molecular complexity index is 1310. The molecule has 4 atom stereocenters. The number of sulfone groups is 1. The lowest BCUT2D eigenvalue weighted by atomic mass is 9.61. The van der Waals surface area contributed by atoms with Crippen LogP contribution in [0.2, 0.25) is 5.02 Å². The summed E-state index contributed by atoms with van der Waals surface area (Å²) >= 11 is 6.41. The van der Waals surface area contributed by atoms with Gasteiger partial charge in [0.15, 0.2) is 15.7 Å². The Balaban J connectivity index is 1.57. The smallest absolute Gasteiger partial charge is 0.248 e. The Morgan fingerprint density at radius 2 is 2.00 bits per heavy atom. The number of ether oxygens (including phenoxy) is 1. The zero-order valence-electron chi connectivity index (χ0n) is 23.0. The second kappa shape index (κ2) is 11.6. The van der Waals surface area contributed by atoms with Crippen LogP contribution in [0.5, 0.6) is 0 Å². The van der Waals surface area contributed by atoms with Crippen LogP contribution in [0, 0.1) is 17.3 Å². The Kier molecular flexibility index (Phi) is 8.75. The minimum Gasteiger partial charge on any atom is -0.387 e. The number of halogens is 1. The zero-order chi connectivity index (χ0) is 28.5. The number of hydrogen-bond acceptors (Lipinski definition) is 9. The lowest BCUT2D eigenvalue weighted by Gasteiger charge is -2.54. The second-order valence-corrected chi connectivity index (χ2v) is 14.3. The number of aliphatic hydroxyl groups excluding tert-OH is 1. The van der Waals surface area contributed by atoms with E-state index in [9.17, 15) is 18.3 Å². The molecule has 1 aromatic carbocycles. The third-order valence-corrected chi connectivity index (χ3v) is 10.5. The van der Waals surface area contributed by atoms with Gasteiger partial charge >= 0.3 is 0 Å². The lowest BCUT2D eigenvalue weighted by molar-refractivity contribution is -0.144. The molecule has 1 aromatic heterocycles. The maximum atomic E-state index is 12.9. The van der Waals surface area contributed by atoms with Crippen molar-refractivity contribution in [2.24, 2.45) is 17.3 Å². The number of hydrogen-bond donors (Lipinski definition) is 3. The first kappa shape index (κ1) is 29.5. The largest absolute Gasteiger partial charge is 0.387 e. The number of methoxy groups -OCH3 is 1. The molecule has 214 valence electrons. The van der Waals surface area contributed by atoms with E-state index in [-0.39, 0.29) is 45.1 Å².